The highest BCUT2D eigenvalue weighted by Gasteiger charge is 2.17. The molecule has 0 saturated carbocycles. The van der Waals surface area contributed by atoms with E-state index in [9.17, 15) is 26.7 Å². The molecular weight excluding hydrogens is 255 g/mol. The number of aldehydes is 1. The van der Waals surface area contributed by atoms with E-state index in [1.165, 1.54) is 0 Å². The number of alkyl halides is 1. The molecule has 0 heterocycles. The lowest BCUT2D eigenvalue weighted by Gasteiger charge is -1.98. The number of carbonyl (C=O) groups excluding carboxylic acids is 1. The van der Waals surface area contributed by atoms with Crippen molar-refractivity contribution in [2.24, 2.45) is 0 Å². The molecule has 6 heteroatoms. The molecule has 0 fully saturated rings. The predicted molar refractivity (Wildman–Crippen MR) is 61.4 cm³/mol. The highest BCUT2D eigenvalue weighted by Crippen LogP contribution is 2.16. The van der Waals surface area contributed by atoms with Crippen molar-refractivity contribution in [1.82, 2.24) is 0 Å². The van der Waals surface area contributed by atoms with Gasteiger partial charge in [-0.1, -0.05) is 27.7 Å². The summed E-state index contributed by atoms with van der Waals surface area (Å²) in [6.07, 6.45) is -0.0963. The topological polar surface area (TPSA) is 17.1 Å². The Balaban J connectivity index is -0.000000328. The number of hydrogen-bond acceptors (Lipinski definition) is 1. The summed E-state index contributed by atoms with van der Waals surface area (Å²) in [7, 11) is 0.500. The first-order valence-corrected chi connectivity index (χ1v) is 5.24. The molecule has 1 aromatic rings. The molecular formula is C12H17F5O. The molecule has 0 bridgehead atoms. The van der Waals surface area contributed by atoms with Crippen LogP contribution in [0.1, 0.15) is 38.1 Å². The molecule has 0 saturated heterocycles. The van der Waals surface area contributed by atoms with Crippen molar-refractivity contribution in [2.45, 2.75) is 27.7 Å². The fourth-order valence-corrected chi connectivity index (χ4v) is 0.677. The maximum atomic E-state index is 12.4. The van der Waals surface area contributed by atoms with E-state index in [-0.39, 0.29) is 6.29 Å². The van der Waals surface area contributed by atoms with Gasteiger partial charge in [0.25, 0.3) is 0 Å². The maximum Gasteiger partial charge on any atom is 0.198 e. The zero-order chi connectivity index (χ0) is 15.3. The van der Waals surface area contributed by atoms with Gasteiger partial charge in [0.15, 0.2) is 29.6 Å². The van der Waals surface area contributed by atoms with Gasteiger partial charge in [-0.25, -0.2) is 17.6 Å². The van der Waals surface area contributed by atoms with Crippen molar-refractivity contribution < 1.29 is 26.7 Å². The minimum Gasteiger partial charge on any atom is -0.298 e. The Bertz CT molecular complexity index is 340. The molecule has 0 aliphatic heterocycles. The number of rotatable bonds is 1. The van der Waals surface area contributed by atoms with E-state index in [0.29, 0.717) is 13.2 Å². The van der Waals surface area contributed by atoms with Crippen LogP contribution in [0.3, 0.4) is 0 Å². The lowest BCUT2D eigenvalue weighted by molar-refractivity contribution is 0.111. The maximum absolute atomic E-state index is 12.4. The molecule has 0 unspecified atom stereocenters. The van der Waals surface area contributed by atoms with Crippen molar-refractivity contribution in [3.63, 3.8) is 0 Å². The molecule has 0 amide bonds. The van der Waals surface area contributed by atoms with Gasteiger partial charge in [-0.15, -0.1) is 0 Å². The van der Waals surface area contributed by atoms with Crippen LogP contribution in [-0.4, -0.2) is 13.5 Å². The molecule has 0 N–H and O–H groups in total. The van der Waals surface area contributed by atoms with Crippen LogP contribution in [0, 0.1) is 23.3 Å². The summed E-state index contributed by atoms with van der Waals surface area (Å²) in [4.78, 5) is 9.95. The standard InChI is InChI=1S/C7H2F4O.2C2H6.CH3F/c8-4-1-3(2-12)5(9)7(11)6(4)10;3*1-2/h1-2H;2*1-2H3;1H3. The third-order valence-electron chi connectivity index (χ3n) is 1.26. The smallest absolute Gasteiger partial charge is 0.198 e. The molecule has 1 rings (SSSR count). The fraction of sp³-hybridized carbons (Fsp3) is 0.417. The SMILES string of the molecule is CC.CC.CF.O=Cc1cc(F)c(F)c(F)c1F. The molecule has 0 spiro atoms. The van der Waals surface area contributed by atoms with Crippen LogP contribution in [0.25, 0.3) is 0 Å². The summed E-state index contributed by atoms with van der Waals surface area (Å²) in [5, 5.41) is 0. The average molecular weight is 272 g/mol. The first-order valence-electron chi connectivity index (χ1n) is 5.24. The summed E-state index contributed by atoms with van der Waals surface area (Å²) >= 11 is 0. The normalized spacial score (nSPS) is 7.67. The van der Waals surface area contributed by atoms with E-state index in [1.54, 1.807) is 0 Å². The highest BCUT2D eigenvalue weighted by atomic mass is 19.2. The Morgan fingerprint density at radius 3 is 1.56 bits per heavy atom. The van der Waals surface area contributed by atoms with Gasteiger partial charge in [-0.05, 0) is 6.07 Å². The van der Waals surface area contributed by atoms with Crippen molar-refractivity contribution in [1.29, 1.82) is 0 Å². The Morgan fingerprint density at radius 1 is 0.833 bits per heavy atom. The van der Waals surface area contributed by atoms with Crippen LogP contribution in [-0.2, 0) is 0 Å². The van der Waals surface area contributed by atoms with Crippen molar-refractivity contribution >= 4 is 6.29 Å². The van der Waals surface area contributed by atoms with E-state index >= 15 is 0 Å². The summed E-state index contributed by atoms with van der Waals surface area (Å²) in [6.45, 7) is 8.00. The first-order chi connectivity index (χ1) is 8.57. The summed E-state index contributed by atoms with van der Waals surface area (Å²) in [6, 6.07) is 0.292. The quantitative estimate of drug-likeness (QED) is 0.313. The van der Waals surface area contributed by atoms with E-state index in [4.69, 9.17) is 0 Å². The van der Waals surface area contributed by atoms with Crippen molar-refractivity contribution in [3.05, 3.63) is 34.9 Å². The van der Waals surface area contributed by atoms with Gasteiger partial charge >= 0.3 is 0 Å². The number of halogens is 5. The van der Waals surface area contributed by atoms with Gasteiger partial charge in [-0.2, -0.15) is 0 Å². The van der Waals surface area contributed by atoms with Gasteiger partial charge in [0, 0.05) is 0 Å². The molecule has 0 aromatic heterocycles. The minimum absolute atomic E-state index is 0.0963. The largest absolute Gasteiger partial charge is 0.298 e. The number of hydrogen-bond donors (Lipinski definition) is 0. The third-order valence-corrected chi connectivity index (χ3v) is 1.26. The second kappa shape index (κ2) is 13.6. The van der Waals surface area contributed by atoms with Crippen LogP contribution in [0.2, 0.25) is 0 Å². The monoisotopic (exact) mass is 272 g/mol. The Morgan fingerprint density at radius 2 is 1.22 bits per heavy atom. The second-order valence-corrected chi connectivity index (χ2v) is 2.01. The molecule has 0 atom stereocenters. The lowest BCUT2D eigenvalue weighted by atomic mass is 10.2. The highest BCUT2D eigenvalue weighted by molar-refractivity contribution is 5.75. The lowest BCUT2D eigenvalue weighted by Crippen LogP contribution is -2.00. The molecule has 0 aliphatic carbocycles. The number of carbonyl (C=O) groups is 1. The summed E-state index contributed by atoms with van der Waals surface area (Å²) in [5.74, 6) is -7.16. The van der Waals surface area contributed by atoms with Gasteiger partial charge in [0.1, 0.15) is 0 Å². The molecule has 0 radical (unpaired) electrons. The van der Waals surface area contributed by atoms with Crippen LogP contribution >= 0.6 is 0 Å². The zero-order valence-electron chi connectivity index (χ0n) is 11.0. The third kappa shape index (κ3) is 6.32. The van der Waals surface area contributed by atoms with E-state index in [1.807, 2.05) is 27.7 Å². The van der Waals surface area contributed by atoms with Crippen LogP contribution < -0.4 is 0 Å². The molecule has 0 aliphatic rings. The van der Waals surface area contributed by atoms with Crippen LogP contribution in [0.5, 0.6) is 0 Å². The summed E-state index contributed by atoms with van der Waals surface area (Å²) < 4.78 is 58.7. The number of benzene rings is 1. The zero-order valence-corrected chi connectivity index (χ0v) is 11.0. The van der Waals surface area contributed by atoms with Gasteiger partial charge < -0.3 is 0 Å². The van der Waals surface area contributed by atoms with Crippen molar-refractivity contribution in [3.8, 4) is 0 Å². The Hall–Kier alpha value is -1.46. The average Bonchev–Trinajstić information content (AvgIpc) is 2.47. The Labute approximate surface area is 104 Å². The molecule has 1 aromatic carbocycles. The van der Waals surface area contributed by atoms with Crippen LogP contribution in [0.4, 0.5) is 22.0 Å². The fourth-order valence-electron chi connectivity index (χ4n) is 0.677. The molecule has 106 valence electrons. The Kier molecular flexibility index (Phi) is 16.5. The van der Waals surface area contributed by atoms with E-state index in [2.05, 4.69) is 0 Å². The predicted octanol–water partition coefficient (Wildman–Crippen LogP) is 4.69. The summed E-state index contributed by atoms with van der Waals surface area (Å²) in [5.41, 5.74) is -0.841. The molecule has 1 nitrogen and oxygen atoms in total. The van der Waals surface area contributed by atoms with Crippen molar-refractivity contribution in [2.75, 3.05) is 7.18 Å². The molecule has 18 heavy (non-hydrogen) atoms. The van der Waals surface area contributed by atoms with Gasteiger partial charge in [0.2, 0.25) is 0 Å². The van der Waals surface area contributed by atoms with E-state index in [0.717, 1.165) is 0 Å². The second-order valence-electron chi connectivity index (χ2n) is 2.01. The first kappa shape index (κ1) is 21.8. The van der Waals surface area contributed by atoms with Crippen LogP contribution in [0.15, 0.2) is 6.07 Å². The van der Waals surface area contributed by atoms with E-state index < -0.39 is 28.8 Å². The van der Waals surface area contributed by atoms with Gasteiger partial charge in [-0.3, -0.25) is 9.18 Å². The minimum atomic E-state index is -1.97. The van der Waals surface area contributed by atoms with Gasteiger partial charge in [0.05, 0.1) is 12.7 Å².